The van der Waals surface area contributed by atoms with E-state index in [-0.39, 0.29) is 46.7 Å². The third-order valence-corrected chi connectivity index (χ3v) is 8.74. The van der Waals surface area contributed by atoms with Crippen LogP contribution in [0.2, 0.25) is 0 Å². The van der Waals surface area contributed by atoms with Crippen molar-refractivity contribution in [2.75, 3.05) is 0 Å². The van der Waals surface area contributed by atoms with Gasteiger partial charge in [-0.25, -0.2) is 13.2 Å². The van der Waals surface area contributed by atoms with Crippen LogP contribution in [0.25, 0.3) is 11.4 Å². The van der Waals surface area contributed by atoms with E-state index < -0.39 is 63.9 Å². The molecular weight excluding hydrogens is 795 g/mol. The zero-order valence-corrected chi connectivity index (χ0v) is 30.8. The molecule has 0 fully saturated rings. The van der Waals surface area contributed by atoms with Crippen LogP contribution in [-0.4, -0.2) is 20.9 Å². The highest BCUT2D eigenvalue weighted by Crippen LogP contribution is 2.31. The average Bonchev–Trinajstić information content (AvgIpc) is 3.18. The number of hydrogen-bond donors (Lipinski definition) is 2. The Kier molecular flexibility index (Phi) is 13.0. The Morgan fingerprint density at radius 3 is 1.46 bits per heavy atom. The summed E-state index contributed by atoms with van der Waals surface area (Å²) in [6.07, 6.45) is -9.16. The fraction of sp³-hybridized carbons (Fsp3) is 0.143. The lowest BCUT2D eigenvalue weighted by molar-refractivity contribution is -0.138. The van der Waals surface area contributed by atoms with Crippen LogP contribution in [-0.2, 0) is 25.4 Å². The molecule has 0 saturated carbocycles. The molecule has 0 bridgehead atoms. The van der Waals surface area contributed by atoms with Gasteiger partial charge in [-0.05, 0) is 98.3 Å². The van der Waals surface area contributed by atoms with E-state index >= 15 is 0 Å². The SMILES string of the molecule is Cc1ccc(C(=O)NCc2ccc(F)c(F)c2)c(=O)n1-c1cccc(C(F)(F)F)c1.Cc1ccc(C(=O)NCc2ccccc2F)c(=O)n1-c1cccc(C(F)(F)F)c1. The highest BCUT2D eigenvalue weighted by molar-refractivity contribution is 5.94. The Bertz CT molecular complexity index is 2650. The van der Waals surface area contributed by atoms with Crippen molar-refractivity contribution in [3.05, 3.63) is 198 Å². The first kappa shape index (κ1) is 43.2. The average molecular weight is 827 g/mol. The van der Waals surface area contributed by atoms with E-state index in [4.69, 9.17) is 0 Å². The predicted octanol–water partition coefficient (Wildman–Crippen LogP) is 8.61. The number of amides is 2. The van der Waals surface area contributed by atoms with Crippen molar-refractivity contribution in [1.29, 1.82) is 0 Å². The summed E-state index contributed by atoms with van der Waals surface area (Å²) in [7, 11) is 0. The molecule has 6 rings (SSSR count). The Morgan fingerprint density at radius 2 is 1.00 bits per heavy atom. The molecule has 0 atom stereocenters. The molecule has 2 aromatic heterocycles. The summed E-state index contributed by atoms with van der Waals surface area (Å²) in [6.45, 7) is 2.75. The van der Waals surface area contributed by atoms with Gasteiger partial charge in [-0.15, -0.1) is 0 Å². The van der Waals surface area contributed by atoms with Gasteiger partial charge >= 0.3 is 12.4 Å². The van der Waals surface area contributed by atoms with Gasteiger partial charge < -0.3 is 10.6 Å². The Labute approximate surface area is 329 Å². The van der Waals surface area contributed by atoms with Crippen LogP contribution in [0.4, 0.5) is 39.5 Å². The summed E-state index contributed by atoms with van der Waals surface area (Å²) in [5.41, 5.74) is -2.82. The second-order valence-corrected chi connectivity index (χ2v) is 12.9. The van der Waals surface area contributed by atoms with Crippen molar-refractivity contribution in [2.45, 2.75) is 39.3 Å². The molecule has 4 aromatic carbocycles. The van der Waals surface area contributed by atoms with Crippen LogP contribution >= 0.6 is 0 Å². The van der Waals surface area contributed by atoms with Crippen LogP contribution in [0.5, 0.6) is 0 Å². The summed E-state index contributed by atoms with van der Waals surface area (Å²) < 4.78 is 120. The molecule has 8 nitrogen and oxygen atoms in total. The second kappa shape index (κ2) is 17.7. The second-order valence-electron chi connectivity index (χ2n) is 12.9. The van der Waals surface area contributed by atoms with Crippen molar-refractivity contribution < 1.29 is 49.1 Å². The lowest BCUT2D eigenvalue weighted by atomic mass is 10.1. The number of alkyl halides is 6. The summed E-state index contributed by atoms with van der Waals surface area (Å²) in [5.74, 6) is -4.17. The minimum absolute atomic E-state index is 0.00826. The van der Waals surface area contributed by atoms with Crippen molar-refractivity contribution in [3.8, 4) is 11.4 Å². The number of rotatable bonds is 8. The third-order valence-electron chi connectivity index (χ3n) is 8.74. The Hall–Kier alpha value is -6.91. The molecule has 0 radical (unpaired) electrons. The molecule has 0 spiro atoms. The quantitative estimate of drug-likeness (QED) is 0.150. The fourth-order valence-electron chi connectivity index (χ4n) is 5.73. The maximum Gasteiger partial charge on any atom is 0.416 e. The lowest BCUT2D eigenvalue weighted by Gasteiger charge is -2.14. The molecule has 0 aliphatic heterocycles. The largest absolute Gasteiger partial charge is 0.416 e. The number of nitrogens with one attached hydrogen (secondary N) is 2. The molecule has 306 valence electrons. The molecule has 2 heterocycles. The van der Waals surface area contributed by atoms with Crippen LogP contribution in [0.15, 0.2) is 125 Å². The minimum atomic E-state index is -4.59. The fourth-order valence-corrected chi connectivity index (χ4v) is 5.73. The first-order valence-electron chi connectivity index (χ1n) is 17.3. The normalized spacial score (nSPS) is 11.4. The maximum absolute atomic E-state index is 13.7. The number of halogens is 9. The van der Waals surface area contributed by atoms with Gasteiger partial charge in [-0.3, -0.25) is 28.3 Å². The molecule has 0 aliphatic carbocycles. The number of aromatic nitrogens is 2. The first-order valence-corrected chi connectivity index (χ1v) is 17.3. The predicted molar refractivity (Wildman–Crippen MR) is 199 cm³/mol. The van der Waals surface area contributed by atoms with Crippen molar-refractivity contribution in [2.24, 2.45) is 0 Å². The molecular formula is C42H31F9N4O4. The summed E-state index contributed by atoms with van der Waals surface area (Å²) >= 11 is 0. The van der Waals surface area contributed by atoms with Crippen molar-refractivity contribution in [1.82, 2.24) is 19.8 Å². The van der Waals surface area contributed by atoms with E-state index in [0.717, 1.165) is 45.5 Å². The molecule has 0 aliphatic rings. The van der Waals surface area contributed by atoms with Crippen LogP contribution in [0.1, 0.15) is 54.4 Å². The number of benzene rings is 4. The van der Waals surface area contributed by atoms with Gasteiger partial charge in [-0.1, -0.05) is 36.4 Å². The molecule has 2 amide bonds. The number of carbonyl (C=O) groups is 2. The molecule has 59 heavy (non-hydrogen) atoms. The number of nitrogens with zero attached hydrogens (tertiary/aromatic N) is 2. The van der Waals surface area contributed by atoms with Crippen LogP contribution in [0, 0.1) is 31.3 Å². The maximum atomic E-state index is 13.7. The van der Waals surface area contributed by atoms with E-state index in [0.29, 0.717) is 11.4 Å². The Morgan fingerprint density at radius 1 is 0.525 bits per heavy atom. The molecule has 17 heteroatoms. The number of aryl methyl sites for hydroxylation is 2. The van der Waals surface area contributed by atoms with Gasteiger partial charge in [0.15, 0.2) is 11.6 Å². The van der Waals surface area contributed by atoms with E-state index in [2.05, 4.69) is 10.6 Å². The summed E-state index contributed by atoms with van der Waals surface area (Å²) in [6, 6.07) is 22.8. The van der Waals surface area contributed by atoms with Gasteiger partial charge in [0.2, 0.25) is 0 Å². The van der Waals surface area contributed by atoms with E-state index in [1.807, 2.05) is 0 Å². The van der Waals surface area contributed by atoms with Gasteiger partial charge in [-0.2, -0.15) is 26.3 Å². The van der Waals surface area contributed by atoms with Gasteiger partial charge in [0.25, 0.3) is 22.9 Å². The molecule has 2 N–H and O–H groups in total. The van der Waals surface area contributed by atoms with E-state index in [9.17, 15) is 58.7 Å². The third kappa shape index (κ3) is 10.3. The standard InChI is InChI=1S/C21H15F5N2O2.C21H16F4N2O2/c1-12-5-7-16(19(29)27-11-13-6-8-17(22)18(23)9-13)20(30)28(12)15-4-2-3-14(10-15)21(24,25)26;1-13-9-10-17(19(28)26-12-14-5-2-3-8-18(14)22)20(29)27(13)16-7-4-6-15(11-16)21(23,24)25/h2-10H,11H2,1H3,(H,27,29);2-11H,12H2,1H3,(H,26,28). The topological polar surface area (TPSA) is 102 Å². The van der Waals surface area contributed by atoms with Gasteiger partial charge in [0.05, 0.1) is 11.1 Å². The molecule has 0 saturated heterocycles. The van der Waals surface area contributed by atoms with Crippen LogP contribution < -0.4 is 21.8 Å². The first-order chi connectivity index (χ1) is 27.8. The van der Waals surface area contributed by atoms with E-state index in [1.165, 1.54) is 79.7 Å². The van der Waals surface area contributed by atoms with Gasteiger partial charge in [0, 0.05) is 41.4 Å². The van der Waals surface area contributed by atoms with Crippen molar-refractivity contribution in [3.63, 3.8) is 0 Å². The highest BCUT2D eigenvalue weighted by atomic mass is 19.4. The number of carbonyl (C=O) groups excluding carboxylic acids is 2. The summed E-state index contributed by atoms with van der Waals surface area (Å²) in [5, 5.41) is 4.87. The minimum Gasteiger partial charge on any atom is -0.348 e. The van der Waals surface area contributed by atoms with E-state index in [1.54, 1.807) is 13.0 Å². The number of pyridine rings is 2. The van der Waals surface area contributed by atoms with Crippen molar-refractivity contribution >= 4 is 11.8 Å². The smallest absolute Gasteiger partial charge is 0.348 e. The molecule has 6 aromatic rings. The zero-order valence-electron chi connectivity index (χ0n) is 30.8. The summed E-state index contributed by atoms with van der Waals surface area (Å²) in [4.78, 5) is 50.5. The number of hydrogen-bond acceptors (Lipinski definition) is 4. The Balaban J connectivity index is 0.000000224. The monoisotopic (exact) mass is 826 g/mol. The lowest BCUT2D eigenvalue weighted by Crippen LogP contribution is -2.33. The van der Waals surface area contributed by atoms with Crippen LogP contribution in [0.3, 0.4) is 0 Å². The van der Waals surface area contributed by atoms with Gasteiger partial charge in [0.1, 0.15) is 16.9 Å². The highest BCUT2D eigenvalue weighted by Gasteiger charge is 2.32. The zero-order chi connectivity index (χ0) is 43.2. The molecule has 0 unspecified atom stereocenters.